The predicted molar refractivity (Wildman–Crippen MR) is 94.2 cm³/mol. The minimum atomic E-state index is -4.25. The Morgan fingerprint density at radius 3 is 2.50 bits per heavy atom. The van der Waals surface area contributed by atoms with Gasteiger partial charge in [0.1, 0.15) is 11.9 Å². The zero-order valence-electron chi connectivity index (χ0n) is 12.5. The molecule has 8 heteroatoms. The molecule has 24 heavy (non-hydrogen) atoms. The lowest BCUT2D eigenvalue weighted by Crippen LogP contribution is -2.37. The van der Waals surface area contributed by atoms with Crippen LogP contribution in [-0.4, -0.2) is 25.6 Å². The number of ether oxygens (including phenoxy) is 1. The average Bonchev–Trinajstić information content (AvgIpc) is 2.52. The van der Waals surface area contributed by atoms with E-state index in [9.17, 15) is 8.42 Å². The molecule has 0 amide bonds. The van der Waals surface area contributed by atoms with E-state index in [1.807, 2.05) is 18.2 Å². The van der Waals surface area contributed by atoms with Gasteiger partial charge >= 0.3 is 10.3 Å². The maximum Gasteiger partial charge on any atom is 0.333 e. The zero-order valence-corrected chi connectivity index (χ0v) is 14.8. The molecular weight excluding hydrogens is 373 g/mol. The van der Waals surface area contributed by atoms with Crippen LogP contribution in [0.3, 0.4) is 0 Å². The van der Waals surface area contributed by atoms with Crippen molar-refractivity contribution in [1.82, 2.24) is 4.72 Å². The second-order valence-electron chi connectivity index (χ2n) is 5.49. The first-order chi connectivity index (χ1) is 11.3. The minimum absolute atomic E-state index is 0.0111. The van der Waals surface area contributed by atoms with Crippen molar-refractivity contribution < 1.29 is 17.7 Å². The third kappa shape index (κ3) is 3.84. The lowest BCUT2D eigenvalue weighted by atomic mass is 9.95. The monoisotopic (exact) mass is 387 g/mol. The van der Waals surface area contributed by atoms with E-state index in [0.717, 1.165) is 17.5 Å². The number of rotatable bonds is 4. The van der Waals surface area contributed by atoms with E-state index in [1.165, 1.54) is 0 Å². The molecule has 0 bridgehead atoms. The summed E-state index contributed by atoms with van der Waals surface area (Å²) in [6.07, 6.45) is 0.972. The third-order valence-electron chi connectivity index (χ3n) is 3.84. The van der Waals surface area contributed by atoms with Crippen LogP contribution in [0.4, 0.5) is 0 Å². The molecule has 0 fully saturated rings. The Kier molecular flexibility index (Phi) is 5.03. The van der Waals surface area contributed by atoms with E-state index in [2.05, 4.69) is 4.72 Å². The first kappa shape index (κ1) is 17.5. The van der Waals surface area contributed by atoms with Gasteiger partial charge in [0.25, 0.3) is 0 Å². The molecule has 0 saturated heterocycles. The van der Waals surface area contributed by atoms with Gasteiger partial charge in [-0.25, -0.2) is 0 Å². The largest absolute Gasteiger partial charge is 0.488 e. The molecule has 1 aliphatic heterocycles. The van der Waals surface area contributed by atoms with Crippen molar-refractivity contribution >= 4 is 33.5 Å². The van der Waals surface area contributed by atoms with Crippen molar-refractivity contribution in [3.63, 3.8) is 0 Å². The average molecular weight is 388 g/mol. The number of hydrogen-bond donors (Lipinski definition) is 2. The zero-order chi connectivity index (χ0) is 17.3. The van der Waals surface area contributed by atoms with E-state index < -0.39 is 10.3 Å². The van der Waals surface area contributed by atoms with Gasteiger partial charge in [-0.15, -0.1) is 0 Å². The normalized spacial score (nSPS) is 17.2. The predicted octanol–water partition coefficient (Wildman–Crippen LogP) is 3.75. The summed E-state index contributed by atoms with van der Waals surface area (Å²) in [6.45, 7) is -0.0111. The molecule has 128 valence electrons. The molecule has 3 rings (SSSR count). The Morgan fingerprint density at radius 2 is 1.83 bits per heavy atom. The number of para-hydroxylation sites is 1. The summed E-state index contributed by atoms with van der Waals surface area (Å²) in [4.78, 5) is 0. The standard InChI is InChI=1S/C16H15Cl2NO4S/c17-13-5-2-6-14(18)15(13)12-4-1-3-10-7-8-11(23-16(10)12)9-19-24(20,21)22/h1-6,11,19H,7-9H2,(H,20,21,22)/t11-/m1/s1. The molecule has 0 spiro atoms. The highest BCUT2D eigenvalue weighted by Gasteiger charge is 2.25. The Balaban J connectivity index is 1.96. The van der Waals surface area contributed by atoms with Gasteiger partial charge in [-0.05, 0) is 30.5 Å². The van der Waals surface area contributed by atoms with Gasteiger partial charge in [0.05, 0.1) is 10.0 Å². The van der Waals surface area contributed by atoms with E-state index in [0.29, 0.717) is 27.8 Å². The van der Waals surface area contributed by atoms with Crippen LogP contribution in [0.15, 0.2) is 36.4 Å². The number of benzene rings is 2. The Hall–Kier alpha value is -1.31. The smallest absolute Gasteiger partial charge is 0.333 e. The van der Waals surface area contributed by atoms with E-state index in [-0.39, 0.29) is 12.6 Å². The molecule has 1 heterocycles. The highest BCUT2D eigenvalue weighted by molar-refractivity contribution is 7.83. The molecule has 0 radical (unpaired) electrons. The summed E-state index contributed by atoms with van der Waals surface area (Å²) >= 11 is 12.6. The van der Waals surface area contributed by atoms with Crippen molar-refractivity contribution in [3.05, 3.63) is 52.0 Å². The summed E-state index contributed by atoms with van der Waals surface area (Å²) in [5.74, 6) is 0.640. The van der Waals surface area contributed by atoms with E-state index in [1.54, 1.807) is 18.2 Å². The van der Waals surface area contributed by atoms with Gasteiger partial charge in [-0.2, -0.15) is 13.1 Å². The first-order valence-electron chi connectivity index (χ1n) is 7.30. The number of halogens is 2. The summed E-state index contributed by atoms with van der Waals surface area (Å²) in [6, 6.07) is 11.0. The Labute approximate surface area is 150 Å². The van der Waals surface area contributed by atoms with E-state index in [4.69, 9.17) is 32.5 Å². The summed E-state index contributed by atoms with van der Waals surface area (Å²) in [7, 11) is -4.25. The third-order valence-corrected chi connectivity index (χ3v) is 5.00. The quantitative estimate of drug-likeness (QED) is 0.783. The van der Waals surface area contributed by atoms with Crippen LogP contribution in [0.25, 0.3) is 11.1 Å². The van der Waals surface area contributed by atoms with Crippen LogP contribution in [0.1, 0.15) is 12.0 Å². The van der Waals surface area contributed by atoms with Gasteiger partial charge in [0.2, 0.25) is 0 Å². The summed E-state index contributed by atoms with van der Waals surface area (Å²) in [5.41, 5.74) is 2.45. The molecule has 1 aliphatic rings. The molecule has 2 aromatic rings. The molecule has 0 saturated carbocycles. The maximum absolute atomic E-state index is 10.9. The fraction of sp³-hybridized carbons (Fsp3) is 0.250. The number of nitrogens with one attached hydrogen (secondary N) is 1. The van der Waals surface area contributed by atoms with Gasteiger partial charge in [-0.3, -0.25) is 4.55 Å². The highest BCUT2D eigenvalue weighted by Crippen LogP contribution is 2.43. The van der Waals surface area contributed by atoms with Crippen molar-refractivity contribution in [2.45, 2.75) is 18.9 Å². The second kappa shape index (κ2) is 6.90. The lowest BCUT2D eigenvalue weighted by Gasteiger charge is -2.28. The highest BCUT2D eigenvalue weighted by atomic mass is 35.5. The molecular formula is C16H15Cl2NO4S. The van der Waals surface area contributed by atoms with Crippen LogP contribution >= 0.6 is 23.2 Å². The number of aryl methyl sites for hydroxylation is 1. The first-order valence-corrected chi connectivity index (χ1v) is 9.50. The van der Waals surface area contributed by atoms with Gasteiger partial charge in [-0.1, -0.05) is 47.5 Å². The molecule has 0 unspecified atom stereocenters. The molecule has 0 aromatic heterocycles. The minimum Gasteiger partial charge on any atom is -0.488 e. The molecule has 5 nitrogen and oxygen atoms in total. The van der Waals surface area contributed by atoms with Crippen LogP contribution in [-0.2, 0) is 16.7 Å². The summed E-state index contributed by atoms with van der Waals surface area (Å²) < 4.78 is 38.5. The fourth-order valence-corrected chi connectivity index (χ4v) is 3.75. The van der Waals surface area contributed by atoms with Crippen LogP contribution in [0, 0.1) is 0 Å². The topological polar surface area (TPSA) is 75.6 Å². The Morgan fingerprint density at radius 1 is 1.17 bits per heavy atom. The van der Waals surface area contributed by atoms with Gasteiger partial charge in [0, 0.05) is 17.7 Å². The van der Waals surface area contributed by atoms with E-state index >= 15 is 0 Å². The second-order valence-corrected chi connectivity index (χ2v) is 7.55. The van der Waals surface area contributed by atoms with Gasteiger partial charge in [0.15, 0.2) is 0 Å². The van der Waals surface area contributed by atoms with Gasteiger partial charge < -0.3 is 4.74 Å². The Bertz CT molecular complexity index is 850. The van der Waals surface area contributed by atoms with Crippen molar-refractivity contribution in [1.29, 1.82) is 0 Å². The number of fused-ring (bicyclic) bond motifs is 1. The van der Waals surface area contributed by atoms with Crippen molar-refractivity contribution in [3.8, 4) is 16.9 Å². The van der Waals surface area contributed by atoms with Crippen molar-refractivity contribution in [2.24, 2.45) is 0 Å². The van der Waals surface area contributed by atoms with Crippen LogP contribution < -0.4 is 9.46 Å². The molecule has 1 atom stereocenters. The SMILES string of the molecule is O=S(=O)(O)NC[C@H]1CCc2cccc(-c3c(Cl)cccc3Cl)c2O1. The lowest BCUT2D eigenvalue weighted by molar-refractivity contribution is 0.177. The maximum atomic E-state index is 10.9. The van der Waals surface area contributed by atoms with Crippen molar-refractivity contribution in [2.75, 3.05) is 6.54 Å². The van der Waals surface area contributed by atoms with Crippen LogP contribution in [0.2, 0.25) is 10.0 Å². The van der Waals surface area contributed by atoms with Crippen LogP contribution in [0.5, 0.6) is 5.75 Å². The molecule has 2 aromatic carbocycles. The summed E-state index contributed by atoms with van der Waals surface area (Å²) in [5, 5.41) is 1.02. The fourth-order valence-electron chi connectivity index (χ4n) is 2.76. The molecule has 2 N–H and O–H groups in total. The molecule has 0 aliphatic carbocycles. The number of hydrogen-bond acceptors (Lipinski definition) is 3.